The SMILES string of the molecule is Cc1cncc(NC(=O)C(N)Cc2ccccc2)c1. The summed E-state index contributed by atoms with van der Waals surface area (Å²) in [6.45, 7) is 1.92. The Balaban J connectivity index is 1.96. The van der Waals surface area contributed by atoms with Crippen LogP contribution in [-0.4, -0.2) is 16.9 Å². The Hall–Kier alpha value is -2.20. The molecule has 1 amide bonds. The number of pyridine rings is 1. The van der Waals surface area contributed by atoms with Gasteiger partial charge in [-0.05, 0) is 30.5 Å². The maximum absolute atomic E-state index is 12.0. The first-order valence-electron chi connectivity index (χ1n) is 6.17. The normalized spacial score (nSPS) is 11.9. The molecule has 1 aromatic carbocycles. The van der Waals surface area contributed by atoms with Crippen molar-refractivity contribution < 1.29 is 4.79 Å². The first-order valence-corrected chi connectivity index (χ1v) is 6.17. The zero-order valence-corrected chi connectivity index (χ0v) is 10.8. The number of rotatable bonds is 4. The van der Waals surface area contributed by atoms with E-state index in [-0.39, 0.29) is 5.91 Å². The average molecular weight is 255 g/mol. The zero-order chi connectivity index (χ0) is 13.7. The maximum atomic E-state index is 12.0. The number of aromatic nitrogens is 1. The highest BCUT2D eigenvalue weighted by Crippen LogP contribution is 2.08. The smallest absolute Gasteiger partial charge is 0.241 e. The van der Waals surface area contributed by atoms with Gasteiger partial charge in [-0.3, -0.25) is 9.78 Å². The average Bonchev–Trinajstić information content (AvgIpc) is 2.40. The number of nitrogens with zero attached hydrogens (tertiary/aromatic N) is 1. The number of carbonyl (C=O) groups excluding carboxylic acids is 1. The molecule has 0 saturated heterocycles. The van der Waals surface area contributed by atoms with Gasteiger partial charge in [0.1, 0.15) is 0 Å². The summed E-state index contributed by atoms with van der Waals surface area (Å²) >= 11 is 0. The highest BCUT2D eigenvalue weighted by atomic mass is 16.2. The maximum Gasteiger partial charge on any atom is 0.241 e. The Labute approximate surface area is 112 Å². The van der Waals surface area contributed by atoms with Crippen molar-refractivity contribution in [3.63, 3.8) is 0 Å². The second-order valence-electron chi connectivity index (χ2n) is 4.54. The van der Waals surface area contributed by atoms with E-state index in [1.165, 1.54) is 0 Å². The Morgan fingerprint density at radius 2 is 2.05 bits per heavy atom. The molecule has 2 rings (SSSR count). The molecule has 0 aliphatic carbocycles. The molecular formula is C15H17N3O. The van der Waals surface area contributed by atoms with Crippen molar-refractivity contribution in [1.82, 2.24) is 4.98 Å². The van der Waals surface area contributed by atoms with Crippen molar-refractivity contribution in [2.75, 3.05) is 5.32 Å². The molecule has 0 aliphatic heterocycles. The van der Waals surface area contributed by atoms with E-state index in [0.29, 0.717) is 12.1 Å². The number of aryl methyl sites for hydroxylation is 1. The molecular weight excluding hydrogens is 238 g/mol. The van der Waals surface area contributed by atoms with Gasteiger partial charge in [0, 0.05) is 6.20 Å². The summed E-state index contributed by atoms with van der Waals surface area (Å²) in [6, 6.07) is 11.0. The standard InChI is InChI=1S/C15H17N3O/c1-11-7-13(10-17-9-11)18-15(19)14(16)8-12-5-3-2-4-6-12/h2-7,9-10,14H,8,16H2,1H3,(H,18,19). The topological polar surface area (TPSA) is 68.0 Å². The van der Waals surface area contributed by atoms with E-state index in [2.05, 4.69) is 10.3 Å². The Morgan fingerprint density at radius 3 is 2.74 bits per heavy atom. The summed E-state index contributed by atoms with van der Waals surface area (Å²) in [5.74, 6) is -0.198. The van der Waals surface area contributed by atoms with Crippen molar-refractivity contribution in [1.29, 1.82) is 0 Å². The Kier molecular flexibility index (Phi) is 4.26. The minimum Gasteiger partial charge on any atom is -0.323 e. The molecule has 1 heterocycles. The fourth-order valence-corrected chi connectivity index (χ4v) is 1.82. The molecule has 0 aliphatic rings. The van der Waals surface area contributed by atoms with Crippen LogP contribution in [0.15, 0.2) is 48.8 Å². The van der Waals surface area contributed by atoms with Crippen LogP contribution in [0, 0.1) is 6.92 Å². The summed E-state index contributed by atoms with van der Waals surface area (Å²) in [4.78, 5) is 16.0. The largest absolute Gasteiger partial charge is 0.323 e. The summed E-state index contributed by atoms with van der Waals surface area (Å²) in [5, 5.41) is 2.78. The van der Waals surface area contributed by atoms with Gasteiger partial charge >= 0.3 is 0 Å². The van der Waals surface area contributed by atoms with E-state index in [1.807, 2.05) is 43.3 Å². The van der Waals surface area contributed by atoms with Crippen LogP contribution < -0.4 is 11.1 Å². The summed E-state index contributed by atoms with van der Waals surface area (Å²) in [6.07, 6.45) is 3.87. The van der Waals surface area contributed by atoms with Crippen LogP contribution in [-0.2, 0) is 11.2 Å². The number of carbonyl (C=O) groups is 1. The monoisotopic (exact) mass is 255 g/mol. The van der Waals surface area contributed by atoms with E-state index in [4.69, 9.17) is 5.73 Å². The van der Waals surface area contributed by atoms with Gasteiger partial charge in [-0.15, -0.1) is 0 Å². The van der Waals surface area contributed by atoms with Gasteiger partial charge in [0.2, 0.25) is 5.91 Å². The van der Waals surface area contributed by atoms with Crippen molar-refractivity contribution in [3.8, 4) is 0 Å². The van der Waals surface area contributed by atoms with Crippen LogP contribution in [0.25, 0.3) is 0 Å². The number of hydrogen-bond donors (Lipinski definition) is 2. The van der Waals surface area contributed by atoms with Crippen LogP contribution in [0.4, 0.5) is 5.69 Å². The summed E-state index contributed by atoms with van der Waals surface area (Å²) in [5.41, 5.74) is 8.62. The summed E-state index contributed by atoms with van der Waals surface area (Å²) < 4.78 is 0. The molecule has 4 heteroatoms. The highest BCUT2D eigenvalue weighted by molar-refractivity contribution is 5.94. The zero-order valence-electron chi connectivity index (χ0n) is 10.8. The first-order chi connectivity index (χ1) is 9.15. The minimum atomic E-state index is -0.567. The summed E-state index contributed by atoms with van der Waals surface area (Å²) in [7, 11) is 0. The molecule has 0 spiro atoms. The molecule has 0 fully saturated rings. The van der Waals surface area contributed by atoms with E-state index < -0.39 is 6.04 Å². The number of nitrogens with one attached hydrogen (secondary N) is 1. The fourth-order valence-electron chi connectivity index (χ4n) is 1.82. The molecule has 2 aromatic rings. The molecule has 4 nitrogen and oxygen atoms in total. The molecule has 1 atom stereocenters. The number of hydrogen-bond acceptors (Lipinski definition) is 3. The van der Waals surface area contributed by atoms with Gasteiger partial charge in [-0.25, -0.2) is 0 Å². The third-order valence-corrected chi connectivity index (χ3v) is 2.78. The second-order valence-corrected chi connectivity index (χ2v) is 4.54. The van der Waals surface area contributed by atoms with Crippen LogP contribution in [0.1, 0.15) is 11.1 Å². The van der Waals surface area contributed by atoms with E-state index in [0.717, 1.165) is 11.1 Å². The number of nitrogens with two attached hydrogens (primary N) is 1. The van der Waals surface area contributed by atoms with Gasteiger partial charge in [0.05, 0.1) is 17.9 Å². The van der Waals surface area contributed by atoms with Crippen molar-refractivity contribution in [2.24, 2.45) is 5.73 Å². The molecule has 0 radical (unpaired) electrons. The van der Waals surface area contributed by atoms with Crippen molar-refractivity contribution in [2.45, 2.75) is 19.4 Å². The predicted molar refractivity (Wildman–Crippen MR) is 75.7 cm³/mol. The van der Waals surface area contributed by atoms with E-state index >= 15 is 0 Å². The lowest BCUT2D eigenvalue weighted by atomic mass is 10.1. The van der Waals surface area contributed by atoms with Gasteiger partial charge in [-0.1, -0.05) is 30.3 Å². The number of amides is 1. The van der Waals surface area contributed by atoms with E-state index in [1.54, 1.807) is 12.4 Å². The van der Waals surface area contributed by atoms with Crippen molar-refractivity contribution >= 4 is 11.6 Å². The molecule has 0 bridgehead atoms. The van der Waals surface area contributed by atoms with Crippen LogP contribution in [0.3, 0.4) is 0 Å². The van der Waals surface area contributed by atoms with Gasteiger partial charge in [0.15, 0.2) is 0 Å². The second kappa shape index (κ2) is 6.11. The molecule has 3 N–H and O–H groups in total. The molecule has 19 heavy (non-hydrogen) atoms. The number of anilines is 1. The molecule has 98 valence electrons. The highest BCUT2D eigenvalue weighted by Gasteiger charge is 2.14. The van der Waals surface area contributed by atoms with Crippen LogP contribution in [0.2, 0.25) is 0 Å². The minimum absolute atomic E-state index is 0.198. The lowest BCUT2D eigenvalue weighted by molar-refractivity contribution is -0.117. The van der Waals surface area contributed by atoms with Crippen LogP contribution >= 0.6 is 0 Å². The Morgan fingerprint density at radius 1 is 1.32 bits per heavy atom. The van der Waals surface area contributed by atoms with Crippen LogP contribution in [0.5, 0.6) is 0 Å². The quantitative estimate of drug-likeness (QED) is 0.876. The lowest BCUT2D eigenvalue weighted by Crippen LogP contribution is -2.37. The molecule has 1 aromatic heterocycles. The van der Waals surface area contributed by atoms with Gasteiger partial charge < -0.3 is 11.1 Å². The van der Waals surface area contributed by atoms with Gasteiger partial charge in [0.25, 0.3) is 0 Å². The third kappa shape index (κ3) is 3.89. The van der Waals surface area contributed by atoms with Gasteiger partial charge in [-0.2, -0.15) is 0 Å². The molecule has 0 saturated carbocycles. The molecule has 1 unspecified atom stereocenters. The lowest BCUT2D eigenvalue weighted by Gasteiger charge is -2.12. The third-order valence-electron chi connectivity index (χ3n) is 2.78. The predicted octanol–water partition coefficient (Wildman–Crippen LogP) is 1.90. The van der Waals surface area contributed by atoms with Crippen molar-refractivity contribution in [3.05, 3.63) is 59.9 Å². The number of benzene rings is 1. The van der Waals surface area contributed by atoms with E-state index in [9.17, 15) is 4.79 Å². The Bertz CT molecular complexity index is 554. The fraction of sp³-hybridized carbons (Fsp3) is 0.200. The first kappa shape index (κ1) is 13.2.